The largest absolute Gasteiger partial charge is 0.351 e. The number of aromatic nitrogens is 2. The quantitative estimate of drug-likeness (QED) is 0.453. The molecule has 4 nitrogen and oxygen atoms in total. The van der Waals surface area contributed by atoms with Crippen molar-refractivity contribution in [3.05, 3.63) is 76.1 Å². The molecule has 0 radical (unpaired) electrons. The van der Waals surface area contributed by atoms with Crippen LogP contribution < -0.4 is 5.32 Å². The van der Waals surface area contributed by atoms with Gasteiger partial charge in [-0.05, 0) is 50.2 Å². The molecular weight excluding hydrogens is 404 g/mol. The van der Waals surface area contributed by atoms with Gasteiger partial charge in [0, 0.05) is 28.3 Å². The van der Waals surface area contributed by atoms with E-state index in [1.807, 2.05) is 24.3 Å². The molecule has 1 amide bonds. The fourth-order valence-corrected chi connectivity index (χ4v) is 3.71. The van der Waals surface area contributed by atoms with Gasteiger partial charge in [0.25, 0.3) is 5.91 Å². The number of carbonyl (C=O) groups excluding carboxylic acids is 1. The molecule has 0 saturated carbocycles. The van der Waals surface area contributed by atoms with E-state index in [0.29, 0.717) is 34.3 Å². The van der Waals surface area contributed by atoms with Crippen LogP contribution in [0.5, 0.6) is 0 Å². The normalized spacial score (nSPS) is 10.9. The summed E-state index contributed by atoms with van der Waals surface area (Å²) in [7, 11) is 0. The highest BCUT2D eigenvalue weighted by Crippen LogP contribution is 2.22. The zero-order valence-electron chi connectivity index (χ0n) is 15.3. The number of halogens is 3. The molecule has 8 heteroatoms. The fraction of sp³-hybridized carbons (Fsp3) is 0.200. The molecule has 0 saturated heterocycles. The highest BCUT2D eigenvalue weighted by molar-refractivity contribution is 7.99. The molecule has 0 bridgehead atoms. The molecule has 0 unspecified atom stereocenters. The summed E-state index contributed by atoms with van der Waals surface area (Å²) < 4.78 is 28.6. The van der Waals surface area contributed by atoms with Gasteiger partial charge in [0.2, 0.25) is 0 Å². The van der Waals surface area contributed by atoms with Crippen molar-refractivity contribution in [2.75, 3.05) is 12.3 Å². The Labute approximate surface area is 170 Å². The maximum atomic E-state index is 14.1. The molecule has 0 aliphatic rings. The first-order chi connectivity index (χ1) is 13.4. The third-order valence-corrected chi connectivity index (χ3v) is 5.39. The van der Waals surface area contributed by atoms with Crippen LogP contribution in [0.2, 0.25) is 5.02 Å². The van der Waals surface area contributed by atoms with E-state index in [-0.39, 0.29) is 11.6 Å². The molecular formula is C20H18ClF2N3OS. The molecule has 0 aliphatic heterocycles. The highest BCUT2D eigenvalue weighted by Gasteiger charge is 2.20. The summed E-state index contributed by atoms with van der Waals surface area (Å²) in [6, 6.07) is 10.7. The minimum Gasteiger partial charge on any atom is -0.351 e. The molecule has 3 rings (SSSR count). The minimum absolute atomic E-state index is 0.0966. The highest BCUT2D eigenvalue weighted by atomic mass is 35.5. The lowest BCUT2D eigenvalue weighted by Crippen LogP contribution is -2.26. The predicted molar refractivity (Wildman–Crippen MR) is 107 cm³/mol. The van der Waals surface area contributed by atoms with Gasteiger partial charge < -0.3 is 5.32 Å². The number of hydrogen-bond acceptors (Lipinski definition) is 3. The van der Waals surface area contributed by atoms with E-state index in [1.54, 1.807) is 25.6 Å². The van der Waals surface area contributed by atoms with Crippen molar-refractivity contribution in [3.63, 3.8) is 0 Å². The summed E-state index contributed by atoms with van der Waals surface area (Å²) in [4.78, 5) is 13.6. The SMILES string of the molecule is Cc1nn(-c2ccc(F)cc2F)c(C)c1C(=O)NCCSc1ccc(Cl)cc1. The third kappa shape index (κ3) is 4.54. The second-order valence-corrected chi connectivity index (χ2v) is 7.72. The van der Waals surface area contributed by atoms with E-state index in [2.05, 4.69) is 10.4 Å². The molecule has 1 N–H and O–H groups in total. The number of nitrogens with zero attached hydrogens (tertiary/aromatic N) is 2. The van der Waals surface area contributed by atoms with E-state index in [9.17, 15) is 13.6 Å². The van der Waals surface area contributed by atoms with Crippen molar-refractivity contribution in [1.82, 2.24) is 15.1 Å². The van der Waals surface area contributed by atoms with Crippen LogP contribution in [0, 0.1) is 25.5 Å². The second kappa shape index (κ2) is 8.75. The molecule has 28 heavy (non-hydrogen) atoms. The van der Waals surface area contributed by atoms with Crippen LogP contribution in [-0.4, -0.2) is 28.0 Å². The van der Waals surface area contributed by atoms with Crippen molar-refractivity contribution >= 4 is 29.3 Å². The number of rotatable bonds is 6. The molecule has 0 atom stereocenters. The lowest BCUT2D eigenvalue weighted by Gasteiger charge is -2.08. The molecule has 2 aromatic carbocycles. The van der Waals surface area contributed by atoms with Crippen LogP contribution in [-0.2, 0) is 0 Å². The van der Waals surface area contributed by atoms with Gasteiger partial charge in [-0.25, -0.2) is 13.5 Å². The smallest absolute Gasteiger partial charge is 0.255 e. The average Bonchev–Trinajstić information content (AvgIpc) is 2.94. The Hall–Kier alpha value is -2.38. The maximum absolute atomic E-state index is 14.1. The van der Waals surface area contributed by atoms with E-state index in [4.69, 9.17) is 11.6 Å². The van der Waals surface area contributed by atoms with Gasteiger partial charge in [0.05, 0.1) is 17.0 Å². The van der Waals surface area contributed by atoms with Crippen LogP contribution in [0.15, 0.2) is 47.4 Å². The molecule has 0 fully saturated rings. The number of thioether (sulfide) groups is 1. The first kappa shape index (κ1) is 20.4. The van der Waals surface area contributed by atoms with Crippen LogP contribution in [0.4, 0.5) is 8.78 Å². The summed E-state index contributed by atoms with van der Waals surface area (Å²) in [5.41, 5.74) is 1.45. The summed E-state index contributed by atoms with van der Waals surface area (Å²) >= 11 is 7.46. The van der Waals surface area contributed by atoms with Crippen molar-refractivity contribution in [2.45, 2.75) is 18.7 Å². The van der Waals surface area contributed by atoms with E-state index in [1.165, 1.54) is 10.7 Å². The van der Waals surface area contributed by atoms with E-state index < -0.39 is 11.6 Å². The Balaban J connectivity index is 1.67. The molecule has 0 spiro atoms. The summed E-state index contributed by atoms with van der Waals surface area (Å²) in [5.74, 6) is -0.997. The molecule has 0 aliphatic carbocycles. The van der Waals surface area contributed by atoms with Gasteiger partial charge >= 0.3 is 0 Å². The number of carbonyl (C=O) groups is 1. The summed E-state index contributed by atoms with van der Waals surface area (Å²) in [5, 5.41) is 7.79. The van der Waals surface area contributed by atoms with Gasteiger partial charge in [-0.3, -0.25) is 4.79 Å². The van der Waals surface area contributed by atoms with Gasteiger partial charge in [-0.2, -0.15) is 5.10 Å². The number of amides is 1. The first-order valence-electron chi connectivity index (χ1n) is 8.55. The van der Waals surface area contributed by atoms with Gasteiger partial charge in [0.15, 0.2) is 5.82 Å². The van der Waals surface area contributed by atoms with Crippen molar-refractivity contribution in [1.29, 1.82) is 0 Å². The predicted octanol–water partition coefficient (Wildman–Crippen LogP) is 4.94. The van der Waals surface area contributed by atoms with E-state index in [0.717, 1.165) is 17.0 Å². The van der Waals surface area contributed by atoms with E-state index >= 15 is 0 Å². The third-order valence-electron chi connectivity index (χ3n) is 4.13. The van der Waals surface area contributed by atoms with Gasteiger partial charge in [-0.15, -0.1) is 11.8 Å². The van der Waals surface area contributed by atoms with Gasteiger partial charge in [0.1, 0.15) is 11.5 Å². The zero-order chi connectivity index (χ0) is 20.3. The molecule has 3 aromatic rings. The monoisotopic (exact) mass is 421 g/mol. The van der Waals surface area contributed by atoms with Crippen molar-refractivity contribution in [3.8, 4) is 5.69 Å². The maximum Gasteiger partial charge on any atom is 0.255 e. The number of hydrogen-bond donors (Lipinski definition) is 1. The molecule has 146 valence electrons. The van der Waals surface area contributed by atoms with Crippen molar-refractivity contribution in [2.24, 2.45) is 0 Å². The van der Waals surface area contributed by atoms with Crippen LogP contribution in [0.3, 0.4) is 0 Å². The van der Waals surface area contributed by atoms with Gasteiger partial charge in [-0.1, -0.05) is 11.6 Å². The standard InChI is InChI=1S/C20H18ClF2N3OS/c1-12-19(13(2)26(25-12)18-8-5-15(22)11-17(18)23)20(27)24-9-10-28-16-6-3-14(21)4-7-16/h3-8,11H,9-10H2,1-2H3,(H,24,27). The topological polar surface area (TPSA) is 46.9 Å². The lowest BCUT2D eigenvalue weighted by atomic mass is 10.2. The Morgan fingerprint density at radius 3 is 2.57 bits per heavy atom. The zero-order valence-corrected chi connectivity index (χ0v) is 16.9. The Morgan fingerprint density at radius 1 is 1.18 bits per heavy atom. The van der Waals surface area contributed by atoms with Crippen LogP contribution >= 0.6 is 23.4 Å². The number of aryl methyl sites for hydroxylation is 1. The first-order valence-corrected chi connectivity index (χ1v) is 9.91. The van der Waals surface area contributed by atoms with Crippen LogP contribution in [0.1, 0.15) is 21.7 Å². The fourth-order valence-electron chi connectivity index (χ4n) is 2.81. The summed E-state index contributed by atoms with van der Waals surface area (Å²) in [6.45, 7) is 3.82. The number of nitrogens with one attached hydrogen (secondary N) is 1. The molecule has 1 heterocycles. The number of benzene rings is 2. The second-order valence-electron chi connectivity index (χ2n) is 6.11. The Bertz CT molecular complexity index is 1010. The average molecular weight is 422 g/mol. The minimum atomic E-state index is -0.739. The van der Waals surface area contributed by atoms with Crippen molar-refractivity contribution < 1.29 is 13.6 Å². The Kier molecular flexibility index (Phi) is 6.36. The molecule has 1 aromatic heterocycles. The summed E-state index contributed by atoms with van der Waals surface area (Å²) in [6.07, 6.45) is 0. The Morgan fingerprint density at radius 2 is 1.89 bits per heavy atom. The van der Waals surface area contributed by atoms with Crippen LogP contribution in [0.25, 0.3) is 5.69 Å². The lowest BCUT2D eigenvalue weighted by molar-refractivity contribution is 0.0955.